The maximum Gasteiger partial charge on any atom is 0.251 e. The molecule has 2 aromatic carbocycles. The third kappa shape index (κ3) is 4.42. The number of benzene rings is 2. The molecule has 1 amide bonds. The molecule has 0 spiro atoms. The van der Waals surface area contributed by atoms with Gasteiger partial charge < -0.3 is 24.8 Å². The predicted octanol–water partition coefficient (Wildman–Crippen LogP) is 2.36. The first kappa shape index (κ1) is 18.6. The summed E-state index contributed by atoms with van der Waals surface area (Å²) in [6, 6.07) is 11.3. The number of ether oxygens (including phenoxy) is 3. The van der Waals surface area contributed by atoms with Crippen LogP contribution in [0.1, 0.15) is 21.5 Å². The minimum absolute atomic E-state index is 0.0884. The summed E-state index contributed by atoms with van der Waals surface area (Å²) < 4.78 is 16.2. The Kier molecular flexibility index (Phi) is 6.65. The van der Waals surface area contributed by atoms with Crippen LogP contribution >= 0.6 is 0 Å². The summed E-state index contributed by atoms with van der Waals surface area (Å²) in [5.74, 6) is 1.78. The first-order valence-corrected chi connectivity index (χ1v) is 7.94. The number of amides is 1. The van der Waals surface area contributed by atoms with Crippen LogP contribution in [0.4, 0.5) is 0 Å². The first-order valence-electron chi connectivity index (χ1n) is 7.94. The number of hydrogen-bond donors (Lipinski definition) is 2. The molecule has 6 heteroatoms. The summed E-state index contributed by atoms with van der Waals surface area (Å²) in [6.07, 6.45) is 0. The Morgan fingerprint density at radius 3 is 2.12 bits per heavy atom. The van der Waals surface area contributed by atoms with Crippen molar-refractivity contribution in [3.63, 3.8) is 0 Å². The van der Waals surface area contributed by atoms with E-state index in [9.17, 15) is 4.79 Å². The van der Waals surface area contributed by atoms with Gasteiger partial charge in [0.1, 0.15) is 0 Å². The molecule has 2 rings (SSSR count). The zero-order valence-electron chi connectivity index (χ0n) is 15.0. The molecule has 25 heavy (non-hydrogen) atoms. The molecule has 0 saturated carbocycles. The van der Waals surface area contributed by atoms with Gasteiger partial charge in [0, 0.05) is 31.3 Å². The van der Waals surface area contributed by atoms with Gasteiger partial charge in [0.15, 0.2) is 11.5 Å². The van der Waals surface area contributed by atoms with Gasteiger partial charge in [-0.2, -0.15) is 0 Å². The number of methoxy groups -OCH3 is 3. The van der Waals surface area contributed by atoms with Crippen molar-refractivity contribution in [1.29, 1.82) is 0 Å². The molecule has 6 nitrogen and oxygen atoms in total. The lowest BCUT2D eigenvalue weighted by molar-refractivity contribution is 0.0963. The second kappa shape index (κ2) is 8.94. The van der Waals surface area contributed by atoms with Crippen LogP contribution in [0.2, 0.25) is 0 Å². The van der Waals surface area contributed by atoms with Crippen LogP contribution in [0, 0.1) is 0 Å². The number of carbonyl (C=O) groups is 1. The van der Waals surface area contributed by atoms with Crippen LogP contribution in [0.25, 0.3) is 0 Å². The summed E-state index contributed by atoms with van der Waals surface area (Å²) >= 11 is 0. The van der Waals surface area contributed by atoms with E-state index < -0.39 is 0 Å². The Bertz CT molecular complexity index is 714. The van der Waals surface area contributed by atoms with Crippen LogP contribution in [0.3, 0.4) is 0 Å². The quantitative estimate of drug-likeness (QED) is 0.769. The summed E-state index contributed by atoms with van der Waals surface area (Å²) in [4.78, 5) is 11.5. The lowest BCUT2D eigenvalue weighted by Crippen LogP contribution is -2.18. The third-order valence-electron chi connectivity index (χ3n) is 3.87. The molecule has 0 heterocycles. The molecule has 2 N–H and O–H groups in total. The standard InChI is InChI=1S/C19H24N2O4/c1-20-19(22)14-7-5-13(6-8-14)11-21-12-15-9-10-16(23-2)18(25-4)17(15)24-3/h5-10,21H,11-12H2,1-4H3,(H,20,22). The number of carbonyl (C=O) groups excluding carboxylic acids is 1. The lowest BCUT2D eigenvalue weighted by atomic mass is 10.1. The van der Waals surface area contributed by atoms with Crippen LogP contribution in [-0.4, -0.2) is 34.3 Å². The average Bonchev–Trinajstić information content (AvgIpc) is 2.67. The fourth-order valence-electron chi connectivity index (χ4n) is 2.56. The highest BCUT2D eigenvalue weighted by Crippen LogP contribution is 2.39. The molecule has 0 radical (unpaired) electrons. The maximum absolute atomic E-state index is 11.5. The number of rotatable bonds is 8. The van der Waals surface area contributed by atoms with Gasteiger partial charge in [-0.1, -0.05) is 18.2 Å². The summed E-state index contributed by atoms with van der Waals surface area (Å²) in [5.41, 5.74) is 2.71. The van der Waals surface area contributed by atoms with E-state index in [0.717, 1.165) is 11.1 Å². The van der Waals surface area contributed by atoms with Crippen LogP contribution in [0.5, 0.6) is 17.2 Å². The molecule has 0 bridgehead atoms. The molecule has 0 aliphatic heterocycles. The van der Waals surface area contributed by atoms with E-state index in [-0.39, 0.29) is 5.91 Å². The van der Waals surface area contributed by atoms with Crippen LogP contribution < -0.4 is 24.8 Å². The van der Waals surface area contributed by atoms with Gasteiger partial charge >= 0.3 is 0 Å². The van der Waals surface area contributed by atoms with Crippen molar-refractivity contribution in [2.45, 2.75) is 13.1 Å². The number of hydrogen-bond acceptors (Lipinski definition) is 5. The van der Waals surface area contributed by atoms with Crippen molar-refractivity contribution in [2.75, 3.05) is 28.4 Å². The van der Waals surface area contributed by atoms with Gasteiger partial charge in [-0.3, -0.25) is 4.79 Å². The molecule has 0 fully saturated rings. The molecule has 0 aromatic heterocycles. The molecule has 0 atom stereocenters. The van der Waals surface area contributed by atoms with E-state index in [4.69, 9.17) is 14.2 Å². The largest absolute Gasteiger partial charge is 0.493 e. The Morgan fingerprint density at radius 1 is 0.880 bits per heavy atom. The fourth-order valence-corrected chi connectivity index (χ4v) is 2.56. The smallest absolute Gasteiger partial charge is 0.251 e. The second-order valence-corrected chi connectivity index (χ2v) is 5.37. The minimum atomic E-state index is -0.0884. The highest BCUT2D eigenvalue weighted by molar-refractivity contribution is 5.93. The van der Waals surface area contributed by atoms with Gasteiger partial charge in [0.2, 0.25) is 5.75 Å². The summed E-state index contributed by atoms with van der Waals surface area (Å²) in [5, 5.41) is 5.97. The predicted molar refractivity (Wildman–Crippen MR) is 96.5 cm³/mol. The van der Waals surface area contributed by atoms with E-state index in [1.54, 1.807) is 28.4 Å². The van der Waals surface area contributed by atoms with Gasteiger partial charge in [-0.15, -0.1) is 0 Å². The van der Waals surface area contributed by atoms with Gasteiger partial charge in [-0.25, -0.2) is 0 Å². The van der Waals surface area contributed by atoms with E-state index in [1.165, 1.54) is 0 Å². The van der Waals surface area contributed by atoms with Gasteiger partial charge in [0.05, 0.1) is 21.3 Å². The molecule has 0 unspecified atom stereocenters. The summed E-state index contributed by atoms with van der Waals surface area (Å²) in [7, 11) is 6.41. The van der Waals surface area contributed by atoms with Crippen molar-refractivity contribution in [2.24, 2.45) is 0 Å². The molecular formula is C19H24N2O4. The molecule has 0 aliphatic rings. The Balaban J connectivity index is 2.03. The molecular weight excluding hydrogens is 320 g/mol. The van der Waals surface area contributed by atoms with E-state index in [1.807, 2.05) is 36.4 Å². The first-order chi connectivity index (χ1) is 12.1. The highest BCUT2D eigenvalue weighted by atomic mass is 16.5. The van der Waals surface area contributed by atoms with Crippen molar-refractivity contribution >= 4 is 5.91 Å². The second-order valence-electron chi connectivity index (χ2n) is 5.37. The average molecular weight is 344 g/mol. The monoisotopic (exact) mass is 344 g/mol. The van der Waals surface area contributed by atoms with E-state index in [0.29, 0.717) is 35.9 Å². The zero-order valence-corrected chi connectivity index (χ0v) is 15.0. The zero-order chi connectivity index (χ0) is 18.2. The maximum atomic E-state index is 11.5. The van der Waals surface area contributed by atoms with Gasteiger partial charge in [-0.05, 0) is 23.8 Å². The molecule has 2 aromatic rings. The number of nitrogens with one attached hydrogen (secondary N) is 2. The third-order valence-corrected chi connectivity index (χ3v) is 3.87. The van der Waals surface area contributed by atoms with E-state index in [2.05, 4.69) is 10.6 Å². The van der Waals surface area contributed by atoms with Gasteiger partial charge in [0.25, 0.3) is 5.91 Å². The Hall–Kier alpha value is -2.73. The molecule has 0 saturated heterocycles. The molecule has 134 valence electrons. The molecule has 0 aliphatic carbocycles. The topological polar surface area (TPSA) is 68.8 Å². The normalized spacial score (nSPS) is 10.2. The van der Waals surface area contributed by atoms with E-state index >= 15 is 0 Å². The lowest BCUT2D eigenvalue weighted by Gasteiger charge is -2.16. The fraction of sp³-hybridized carbons (Fsp3) is 0.316. The highest BCUT2D eigenvalue weighted by Gasteiger charge is 2.15. The van der Waals surface area contributed by atoms with Crippen LogP contribution in [-0.2, 0) is 13.1 Å². The van der Waals surface area contributed by atoms with Crippen molar-refractivity contribution in [1.82, 2.24) is 10.6 Å². The van der Waals surface area contributed by atoms with Crippen molar-refractivity contribution in [3.05, 3.63) is 53.1 Å². The Morgan fingerprint density at radius 2 is 1.56 bits per heavy atom. The SMILES string of the molecule is CNC(=O)c1ccc(CNCc2ccc(OC)c(OC)c2OC)cc1. The van der Waals surface area contributed by atoms with Crippen LogP contribution in [0.15, 0.2) is 36.4 Å². The van der Waals surface area contributed by atoms with Crippen molar-refractivity contribution in [3.8, 4) is 17.2 Å². The Labute approximate surface area is 148 Å². The minimum Gasteiger partial charge on any atom is -0.493 e. The van der Waals surface area contributed by atoms with Crippen molar-refractivity contribution < 1.29 is 19.0 Å². The summed E-state index contributed by atoms with van der Waals surface area (Å²) in [6.45, 7) is 1.28.